The number of rotatable bonds is 9. The number of amides is 1. The van der Waals surface area contributed by atoms with E-state index >= 15 is 4.39 Å². The maximum atomic E-state index is 16.6. The first-order valence-electron chi connectivity index (χ1n) is 15.6. The molecule has 4 aromatic rings. The van der Waals surface area contributed by atoms with Gasteiger partial charge in [0.05, 0.1) is 24.7 Å². The lowest BCUT2D eigenvalue weighted by molar-refractivity contribution is -0.126. The Hall–Kier alpha value is -3.93. The number of aromatic nitrogens is 3. The van der Waals surface area contributed by atoms with Crippen molar-refractivity contribution >= 4 is 45.0 Å². The van der Waals surface area contributed by atoms with E-state index in [1.807, 2.05) is 29.2 Å². The van der Waals surface area contributed by atoms with Crippen LogP contribution in [0.2, 0.25) is 5.02 Å². The van der Waals surface area contributed by atoms with Crippen molar-refractivity contribution in [2.75, 3.05) is 64.1 Å². The second-order valence-electron chi connectivity index (χ2n) is 12.3. The van der Waals surface area contributed by atoms with E-state index in [1.54, 1.807) is 23.2 Å². The van der Waals surface area contributed by atoms with Gasteiger partial charge in [-0.15, -0.1) is 0 Å². The zero-order valence-electron chi connectivity index (χ0n) is 25.6. The van der Waals surface area contributed by atoms with Gasteiger partial charge in [-0.1, -0.05) is 41.9 Å². The average molecular weight is 649 g/mol. The van der Waals surface area contributed by atoms with Gasteiger partial charge in [0, 0.05) is 73.1 Å². The number of pyridine rings is 1. The third-order valence-electron chi connectivity index (χ3n) is 9.28. The van der Waals surface area contributed by atoms with Crippen LogP contribution in [-0.2, 0) is 9.53 Å². The SMILES string of the molecule is C[C@]12CO[C@H](CN1CCCOc1nc(N3CCN(C(=O)/C=C/CF)CC3)c3cnc(-c4cccc5cccc(Cl)c45)c(F)c3n1)C2. The number of ether oxygens (including phenoxy) is 2. The van der Waals surface area contributed by atoms with Crippen LogP contribution in [0.15, 0.2) is 54.7 Å². The highest BCUT2D eigenvalue weighted by atomic mass is 35.5. The van der Waals surface area contributed by atoms with Gasteiger partial charge >= 0.3 is 6.01 Å². The number of fused-ring (bicyclic) bond motifs is 4. The van der Waals surface area contributed by atoms with Crippen LogP contribution in [0, 0.1) is 5.82 Å². The van der Waals surface area contributed by atoms with Gasteiger partial charge in [-0.25, -0.2) is 8.78 Å². The Labute approximate surface area is 270 Å². The van der Waals surface area contributed by atoms with E-state index < -0.39 is 12.5 Å². The molecule has 240 valence electrons. The van der Waals surface area contributed by atoms with E-state index in [1.165, 1.54) is 12.2 Å². The number of hydrogen-bond donors (Lipinski definition) is 0. The van der Waals surface area contributed by atoms with Crippen LogP contribution in [0.5, 0.6) is 6.01 Å². The number of morpholine rings is 1. The molecule has 1 amide bonds. The van der Waals surface area contributed by atoms with E-state index in [0.29, 0.717) is 66.1 Å². The van der Waals surface area contributed by atoms with Crippen molar-refractivity contribution < 1.29 is 23.0 Å². The highest BCUT2D eigenvalue weighted by Gasteiger charge is 2.48. The molecule has 2 aromatic carbocycles. The number of benzene rings is 2. The monoisotopic (exact) mass is 648 g/mol. The summed E-state index contributed by atoms with van der Waals surface area (Å²) < 4.78 is 41.0. The van der Waals surface area contributed by atoms with Gasteiger partial charge in [0.1, 0.15) is 23.7 Å². The Bertz CT molecular complexity index is 1810. The molecule has 46 heavy (non-hydrogen) atoms. The molecular weight excluding hydrogens is 614 g/mol. The minimum Gasteiger partial charge on any atom is -0.463 e. The summed E-state index contributed by atoms with van der Waals surface area (Å²) in [5.74, 6) is -0.349. The quantitative estimate of drug-likeness (QED) is 0.175. The molecule has 3 aliphatic rings. The molecule has 0 radical (unpaired) electrons. The summed E-state index contributed by atoms with van der Waals surface area (Å²) in [6.07, 6.45) is 6.15. The second kappa shape index (κ2) is 12.7. The number of alkyl halides is 1. The summed E-state index contributed by atoms with van der Waals surface area (Å²) in [6, 6.07) is 11.2. The summed E-state index contributed by atoms with van der Waals surface area (Å²) in [4.78, 5) is 32.4. The third kappa shape index (κ3) is 5.76. The van der Waals surface area contributed by atoms with Crippen molar-refractivity contribution in [3.8, 4) is 17.3 Å². The van der Waals surface area contributed by atoms with Gasteiger partial charge < -0.3 is 19.3 Å². The van der Waals surface area contributed by atoms with Crippen LogP contribution in [0.1, 0.15) is 19.8 Å². The first kappa shape index (κ1) is 30.7. The van der Waals surface area contributed by atoms with Crippen molar-refractivity contribution in [1.82, 2.24) is 24.8 Å². The Balaban J connectivity index is 1.20. The molecule has 9 nitrogen and oxygen atoms in total. The minimum atomic E-state index is -0.695. The first-order chi connectivity index (χ1) is 22.3. The minimum absolute atomic E-state index is 0.0690. The molecule has 0 saturated carbocycles. The molecule has 2 aromatic heterocycles. The van der Waals surface area contributed by atoms with Gasteiger partial charge in [-0.3, -0.25) is 14.7 Å². The largest absolute Gasteiger partial charge is 0.463 e. The molecule has 3 aliphatic heterocycles. The predicted octanol–water partition coefficient (Wildman–Crippen LogP) is 5.44. The van der Waals surface area contributed by atoms with Crippen LogP contribution in [0.3, 0.4) is 0 Å². The number of piperazine rings is 1. The molecule has 0 unspecified atom stereocenters. The number of anilines is 1. The van der Waals surface area contributed by atoms with Crippen LogP contribution < -0.4 is 9.64 Å². The number of carbonyl (C=O) groups excluding carboxylic acids is 1. The highest BCUT2D eigenvalue weighted by molar-refractivity contribution is 6.36. The van der Waals surface area contributed by atoms with Crippen LogP contribution in [0.4, 0.5) is 14.6 Å². The van der Waals surface area contributed by atoms with Gasteiger partial charge in [0.25, 0.3) is 0 Å². The Morgan fingerprint density at radius 3 is 2.72 bits per heavy atom. The van der Waals surface area contributed by atoms with Crippen molar-refractivity contribution in [3.63, 3.8) is 0 Å². The number of carbonyl (C=O) groups is 1. The molecular formula is C34H35ClF2N6O3. The lowest BCUT2D eigenvalue weighted by atomic mass is 10.0. The fourth-order valence-corrected chi connectivity index (χ4v) is 7.17. The number of allylic oxidation sites excluding steroid dienone is 1. The maximum absolute atomic E-state index is 16.6. The van der Waals surface area contributed by atoms with E-state index in [4.69, 9.17) is 26.1 Å². The topological polar surface area (TPSA) is 83.9 Å². The maximum Gasteiger partial charge on any atom is 0.319 e. The molecule has 0 aliphatic carbocycles. The van der Waals surface area contributed by atoms with E-state index in [-0.39, 0.29) is 28.7 Å². The number of halogens is 3. The van der Waals surface area contributed by atoms with E-state index in [9.17, 15) is 9.18 Å². The Kier molecular flexibility index (Phi) is 8.48. The molecule has 2 bridgehead atoms. The van der Waals surface area contributed by atoms with Gasteiger partial charge in [0.15, 0.2) is 5.82 Å². The van der Waals surface area contributed by atoms with Gasteiger partial charge in [0.2, 0.25) is 5.91 Å². The molecule has 0 spiro atoms. The normalized spacial score (nSPS) is 21.7. The first-order valence-corrected chi connectivity index (χ1v) is 16.0. The Morgan fingerprint density at radius 1 is 1.17 bits per heavy atom. The van der Waals surface area contributed by atoms with Crippen molar-refractivity contribution in [2.45, 2.75) is 31.4 Å². The smallest absolute Gasteiger partial charge is 0.319 e. The number of hydrogen-bond acceptors (Lipinski definition) is 8. The van der Waals surface area contributed by atoms with Crippen molar-refractivity contribution in [1.29, 1.82) is 0 Å². The molecule has 0 N–H and O–H groups in total. The molecule has 12 heteroatoms. The van der Waals surface area contributed by atoms with Crippen LogP contribution >= 0.6 is 11.6 Å². The predicted molar refractivity (Wildman–Crippen MR) is 174 cm³/mol. The Morgan fingerprint density at radius 2 is 1.98 bits per heavy atom. The highest BCUT2D eigenvalue weighted by Crippen LogP contribution is 2.39. The van der Waals surface area contributed by atoms with Crippen LogP contribution in [-0.4, -0.2) is 101 Å². The summed E-state index contributed by atoms with van der Waals surface area (Å²) in [5.41, 5.74) is 0.867. The summed E-state index contributed by atoms with van der Waals surface area (Å²) >= 11 is 6.58. The molecule has 3 saturated heterocycles. The van der Waals surface area contributed by atoms with E-state index in [0.717, 1.165) is 37.9 Å². The van der Waals surface area contributed by atoms with Crippen molar-refractivity contribution in [2.24, 2.45) is 0 Å². The second-order valence-corrected chi connectivity index (χ2v) is 12.7. The summed E-state index contributed by atoms with van der Waals surface area (Å²) in [7, 11) is 0. The molecule has 2 atom stereocenters. The summed E-state index contributed by atoms with van der Waals surface area (Å²) in [6.45, 7) is 6.12. The van der Waals surface area contributed by atoms with Gasteiger partial charge in [-0.2, -0.15) is 9.97 Å². The average Bonchev–Trinajstić information content (AvgIpc) is 3.61. The van der Waals surface area contributed by atoms with Crippen molar-refractivity contribution in [3.05, 3.63) is 65.6 Å². The zero-order chi connectivity index (χ0) is 31.8. The van der Waals surface area contributed by atoms with Crippen LogP contribution in [0.25, 0.3) is 32.9 Å². The molecule has 3 fully saturated rings. The van der Waals surface area contributed by atoms with Gasteiger partial charge in [-0.05, 0) is 37.3 Å². The fraction of sp³-hybridized carbons (Fsp3) is 0.412. The zero-order valence-corrected chi connectivity index (χ0v) is 26.3. The third-order valence-corrected chi connectivity index (χ3v) is 9.60. The molecule has 5 heterocycles. The fourth-order valence-electron chi connectivity index (χ4n) is 6.89. The number of nitrogens with zero attached hydrogens (tertiary/aromatic N) is 6. The number of likely N-dealkylation sites (tertiary alicyclic amines) is 1. The summed E-state index contributed by atoms with van der Waals surface area (Å²) in [5, 5.41) is 2.53. The lowest BCUT2D eigenvalue weighted by Crippen LogP contribution is -2.48. The standard InChI is InChI=1S/C34H35ClF2N6O3/c1-34-18-23(46-21-34)20-43(34)12-5-17-45-33-39-31-25(32(40-33)42-15-13-41(14-16-42)27(44)10-4-11-36)19-38-30(29(31)37)24-8-2-6-22-7-3-9-26(35)28(22)24/h2-4,6-10,19,23H,5,11-18,20-21H2,1H3/b10-4+/t23-,34-/m0/s1. The molecule has 7 rings (SSSR count). The van der Waals surface area contributed by atoms with E-state index in [2.05, 4.69) is 21.8 Å². The lowest BCUT2D eigenvalue weighted by Gasteiger charge is -2.35.